The van der Waals surface area contributed by atoms with Crippen molar-refractivity contribution in [2.24, 2.45) is 7.05 Å². The van der Waals surface area contributed by atoms with E-state index >= 15 is 0 Å². The molecular formula is C12H20BrN3O2S2. The zero-order valence-electron chi connectivity index (χ0n) is 12.0. The lowest BCUT2D eigenvalue weighted by atomic mass is 10.3. The number of halogens is 1. The van der Waals surface area contributed by atoms with Crippen molar-refractivity contribution in [3.05, 3.63) is 15.9 Å². The molecule has 1 aliphatic heterocycles. The van der Waals surface area contributed by atoms with Crippen LogP contribution < -0.4 is 0 Å². The molecule has 0 aromatic carbocycles. The van der Waals surface area contributed by atoms with E-state index in [1.165, 1.54) is 6.26 Å². The zero-order valence-corrected chi connectivity index (χ0v) is 15.2. The number of thioether (sulfide) groups is 1. The van der Waals surface area contributed by atoms with E-state index in [9.17, 15) is 8.42 Å². The molecule has 0 bridgehead atoms. The van der Waals surface area contributed by atoms with E-state index in [4.69, 9.17) is 0 Å². The average Bonchev–Trinajstić information content (AvgIpc) is 2.65. The minimum Gasteiger partial charge on any atom is -0.280 e. The number of aromatic nitrogens is 2. The maximum Gasteiger partial charge on any atom is 0.164 e. The van der Waals surface area contributed by atoms with E-state index in [-0.39, 0.29) is 0 Å². The van der Waals surface area contributed by atoms with Crippen molar-refractivity contribution in [3.8, 4) is 0 Å². The Morgan fingerprint density at radius 1 is 1.50 bits per heavy atom. The van der Waals surface area contributed by atoms with E-state index in [0.29, 0.717) is 12.3 Å². The van der Waals surface area contributed by atoms with Gasteiger partial charge in [0.15, 0.2) is 9.84 Å². The highest BCUT2D eigenvalue weighted by molar-refractivity contribution is 9.10. The van der Waals surface area contributed by atoms with Crippen molar-refractivity contribution in [2.75, 3.05) is 24.3 Å². The molecule has 0 saturated carbocycles. The third kappa shape index (κ3) is 3.40. The number of hydrogen-bond donors (Lipinski definition) is 0. The molecule has 0 N–H and O–H groups in total. The van der Waals surface area contributed by atoms with E-state index < -0.39 is 15.2 Å². The largest absolute Gasteiger partial charge is 0.280 e. The van der Waals surface area contributed by atoms with Crippen LogP contribution in [0.15, 0.2) is 4.47 Å². The predicted molar refractivity (Wildman–Crippen MR) is 86.7 cm³/mol. The summed E-state index contributed by atoms with van der Waals surface area (Å²) < 4.78 is 26.7. The third-order valence-electron chi connectivity index (χ3n) is 3.54. The Morgan fingerprint density at radius 3 is 2.75 bits per heavy atom. The first kappa shape index (κ1) is 16.3. The molecule has 0 spiro atoms. The summed E-state index contributed by atoms with van der Waals surface area (Å²) in [5.41, 5.74) is 2.06. The molecule has 2 rings (SSSR count). The minimum atomic E-state index is -3.06. The van der Waals surface area contributed by atoms with Crippen LogP contribution in [-0.4, -0.2) is 52.8 Å². The molecule has 1 saturated heterocycles. The molecule has 0 amide bonds. The molecule has 1 aliphatic rings. The Kier molecular flexibility index (Phi) is 5.20. The van der Waals surface area contributed by atoms with Crippen molar-refractivity contribution in [2.45, 2.75) is 25.3 Å². The molecule has 20 heavy (non-hydrogen) atoms. The van der Waals surface area contributed by atoms with Gasteiger partial charge in [-0.1, -0.05) is 6.92 Å². The average molecular weight is 382 g/mol. The number of nitrogens with zero attached hydrogens (tertiary/aromatic N) is 3. The first-order valence-corrected chi connectivity index (χ1v) is 10.5. The van der Waals surface area contributed by atoms with Gasteiger partial charge >= 0.3 is 0 Å². The molecule has 1 atom stereocenters. The Morgan fingerprint density at radius 2 is 2.20 bits per heavy atom. The van der Waals surface area contributed by atoms with Crippen molar-refractivity contribution in [1.29, 1.82) is 0 Å². The molecule has 2 heterocycles. The van der Waals surface area contributed by atoms with Crippen LogP contribution in [0.3, 0.4) is 0 Å². The second-order valence-corrected chi connectivity index (χ2v) is 9.16. The Hall–Kier alpha value is -0.0500. The smallest absolute Gasteiger partial charge is 0.164 e. The predicted octanol–water partition coefficient (Wildman–Crippen LogP) is 1.66. The number of hydrogen-bond acceptors (Lipinski definition) is 5. The summed E-state index contributed by atoms with van der Waals surface area (Å²) in [6.45, 7) is 3.47. The van der Waals surface area contributed by atoms with E-state index in [1.54, 1.807) is 11.8 Å². The molecule has 1 aromatic heterocycles. The lowest BCUT2D eigenvalue weighted by molar-refractivity contribution is 0.255. The van der Waals surface area contributed by atoms with Crippen LogP contribution >= 0.6 is 27.7 Å². The summed E-state index contributed by atoms with van der Waals surface area (Å²) >= 11 is 5.30. The number of sulfone groups is 1. The molecule has 0 aliphatic carbocycles. The molecule has 1 fully saturated rings. The first-order valence-electron chi connectivity index (χ1n) is 6.55. The van der Waals surface area contributed by atoms with Gasteiger partial charge in [-0.3, -0.25) is 9.58 Å². The van der Waals surface area contributed by atoms with E-state index in [0.717, 1.165) is 34.6 Å². The Labute approximate surface area is 133 Å². The fraction of sp³-hybridized carbons (Fsp3) is 0.750. The van der Waals surface area contributed by atoms with Crippen LogP contribution in [0, 0.1) is 0 Å². The topological polar surface area (TPSA) is 55.2 Å². The highest BCUT2D eigenvalue weighted by Crippen LogP contribution is 2.27. The summed E-state index contributed by atoms with van der Waals surface area (Å²) in [6.07, 6.45) is 2.19. The lowest BCUT2D eigenvalue weighted by Crippen LogP contribution is -2.46. The van der Waals surface area contributed by atoms with Crippen LogP contribution in [0.5, 0.6) is 0 Å². The molecule has 1 unspecified atom stereocenters. The van der Waals surface area contributed by atoms with Gasteiger partial charge in [0.25, 0.3) is 0 Å². The van der Waals surface area contributed by atoms with Gasteiger partial charge in [-0.15, -0.1) is 0 Å². The van der Waals surface area contributed by atoms with Gasteiger partial charge in [0.1, 0.15) is 5.37 Å². The van der Waals surface area contributed by atoms with Crippen LogP contribution in [0.2, 0.25) is 0 Å². The Balaban J connectivity index is 2.26. The lowest BCUT2D eigenvalue weighted by Gasteiger charge is -2.33. The van der Waals surface area contributed by atoms with Gasteiger partial charge in [-0.2, -0.15) is 16.9 Å². The van der Waals surface area contributed by atoms with Crippen LogP contribution in [0.1, 0.15) is 18.3 Å². The number of rotatable bonds is 4. The SMILES string of the molecule is CCc1nn(C)c(CN2CCSCC2S(C)(=O)=O)c1Br. The minimum absolute atomic E-state index is 0.395. The Bertz CT molecular complexity index is 586. The molecule has 1 aromatic rings. The quantitative estimate of drug-likeness (QED) is 0.793. The summed E-state index contributed by atoms with van der Waals surface area (Å²) in [7, 11) is -1.15. The highest BCUT2D eigenvalue weighted by atomic mass is 79.9. The standard InChI is InChI=1S/C12H20BrN3O2S2/c1-4-9-12(13)10(15(2)14-9)7-16-5-6-19-8-11(16)20(3,17)18/h11H,4-8H2,1-3H3. The maximum absolute atomic E-state index is 11.9. The van der Waals surface area contributed by atoms with Crippen LogP contribution in [0.4, 0.5) is 0 Å². The van der Waals surface area contributed by atoms with Gasteiger partial charge in [0.2, 0.25) is 0 Å². The van der Waals surface area contributed by atoms with Gasteiger partial charge in [0.05, 0.1) is 15.9 Å². The fourth-order valence-electron chi connectivity index (χ4n) is 2.37. The summed E-state index contributed by atoms with van der Waals surface area (Å²) in [5, 5.41) is 4.07. The summed E-state index contributed by atoms with van der Waals surface area (Å²) in [4.78, 5) is 2.05. The van der Waals surface area contributed by atoms with Gasteiger partial charge in [0, 0.05) is 37.9 Å². The van der Waals surface area contributed by atoms with Crippen LogP contribution in [-0.2, 0) is 29.9 Å². The molecule has 5 nitrogen and oxygen atoms in total. The van der Waals surface area contributed by atoms with Gasteiger partial charge in [-0.05, 0) is 22.4 Å². The maximum atomic E-state index is 11.9. The number of aryl methyl sites for hydroxylation is 2. The summed E-state index contributed by atoms with van der Waals surface area (Å²) in [5.74, 6) is 1.62. The molecular weight excluding hydrogens is 362 g/mol. The third-order valence-corrected chi connectivity index (χ3v) is 7.14. The molecule has 0 radical (unpaired) electrons. The highest BCUT2D eigenvalue weighted by Gasteiger charge is 2.32. The monoisotopic (exact) mass is 381 g/mol. The van der Waals surface area contributed by atoms with Crippen molar-refractivity contribution < 1.29 is 8.42 Å². The molecule has 114 valence electrons. The fourth-order valence-corrected chi connectivity index (χ4v) is 6.06. The van der Waals surface area contributed by atoms with Crippen molar-refractivity contribution >= 4 is 37.5 Å². The second-order valence-electron chi connectivity index (χ2n) is 5.01. The normalized spacial score (nSPS) is 21.3. The van der Waals surface area contributed by atoms with Crippen molar-refractivity contribution in [3.63, 3.8) is 0 Å². The summed E-state index contributed by atoms with van der Waals surface area (Å²) in [6, 6.07) is 0. The van der Waals surface area contributed by atoms with Gasteiger partial charge in [-0.25, -0.2) is 8.42 Å². The zero-order chi connectivity index (χ0) is 14.9. The van der Waals surface area contributed by atoms with E-state index in [2.05, 4.69) is 28.0 Å². The van der Waals surface area contributed by atoms with Crippen LogP contribution in [0.25, 0.3) is 0 Å². The van der Waals surface area contributed by atoms with Crippen molar-refractivity contribution in [1.82, 2.24) is 14.7 Å². The first-order chi connectivity index (χ1) is 9.34. The van der Waals surface area contributed by atoms with Gasteiger partial charge < -0.3 is 0 Å². The van der Waals surface area contributed by atoms with E-state index in [1.807, 2.05) is 16.6 Å². The molecule has 8 heteroatoms. The second kappa shape index (κ2) is 6.37.